The van der Waals surface area contributed by atoms with Gasteiger partial charge in [0.1, 0.15) is 5.78 Å². The molecule has 1 saturated heterocycles. The number of nitrogens with one attached hydrogen (secondary N) is 1. The molecule has 2 heterocycles. The van der Waals surface area contributed by atoms with Gasteiger partial charge in [-0.1, -0.05) is 6.08 Å². The van der Waals surface area contributed by atoms with Gasteiger partial charge in [0.15, 0.2) is 0 Å². The van der Waals surface area contributed by atoms with Crippen LogP contribution in [0, 0.1) is 5.92 Å². The third-order valence-corrected chi connectivity index (χ3v) is 4.72. The molecule has 2 aliphatic heterocycles. The van der Waals surface area contributed by atoms with E-state index in [4.69, 9.17) is 0 Å². The van der Waals surface area contributed by atoms with E-state index in [-0.39, 0.29) is 5.92 Å². The van der Waals surface area contributed by atoms with E-state index in [2.05, 4.69) is 11.4 Å². The van der Waals surface area contributed by atoms with Gasteiger partial charge in [-0.2, -0.15) is 0 Å². The number of Topliss-reactive ketones (excluding diaryl/α,β-unsaturated/α-hetero) is 1. The van der Waals surface area contributed by atoms with Crippen LogP contribution in [0.3, 0.4) is 0 Å². The summed E-state index contributed by atoms with van der Waals surface area (Å²) in [5, 5.41) is 3.64. The SMILES string of the molecule is O=C1CCCC2NC3CCSC3=CC12. The van der Waals surface area contributed by atoms with Gasteiger partial charge in [0.2, 0.25) is 0 Å². The molecule has 3 aliphatic rings. The monoisotopic (exact) mass is 209 g/mol. The molecule has 0 radical (unpaired) electrons. The summed E-state index contributed by atoms with van der Waals surface area (Å²) in [5.41, 5.74) is 0. The van der Waals surface area contributed by atoms with Crippen LogP contribution < -0.4 is 5.32 Å². The van der Waals surface area contributed by atoms with Crippen molar-refractivity contribution in [2.24, 2.45) is 5.92 Å². The summed E-state index contributed by atoms with van der Waals surface area (Å²) in [4.78, 5) is 13.2. The van der Waals surface area contributed by atoms with Crippen molar-refractivity contribution in [2.45, 2.75) is 37.8 Å². The molecule has 0 spiro atoms. The Kier molecular flexibility index (Phi) is 2.17. The van der Waals surface area contributed by atoms with Gasteiger partial charge < -0.3 is 5.32 Å². The summed E-state index contributed by atoms with van der Waals surface area (Å²) in [7, 11) is 0. The van der Waals surface area contributed by atoms with Gasteiger partial charge in [0, 0.05) is 18.5 Å². The van der Waals surface area contributed by atoms with Crippen molar-refractivity contribution in [3.05, 3.63) is 11.0 Å². The molecule has 2 nitrogen and oxygen atoms in total. The Bertz CT molecular complexity index is 300. The average Bonchev–Trinajstić information content (AvgIpc) is 2.62. The first-order valence-corrected chi connectivity index (χ1v) is 6.46. The molecule has 1 aliphatic carbocycles. The number of carbonyl (C=O) groups is 1. The van der Waals surface area contributed by atoms with Crippen LogP contribution in [0.15, 0.2) is 11.0 Å². The van der Waals surface area contributed by atoms with E-state index in [0.29, 0.717) is 17.9 Å². The molecule has 1 saturated carbocycles. The van der Waals surface area contributed by atoms with Crippen molar-refractivity contribution in [1.82, 2.24) is 5.32 Å². The predicted molar refractivity (Wildman–Crippen MR) is 58.2 cm³/mol. The molecule has 3 rings (SSSR count). The number of fused-ring (bicyclic) bond motifs is 2. The molecule has 14 heavy (non-hydrogen) atoms. The Balaban J connectivity index is 1.90. The highest BCUT2D eigenvalue weighted by Gasteiger charge is 2.38. The first-order chi connectivity index (χ1) is 6.84. The van der Waals surface area contributed by atoms with Gasteiger partial charge in [-0.3, -0.25) is 4.79 Å². The Labute approximate surface area is 88.5 Å². The zero-order chi connectivity index (χ0) is 9.54. The summed E-state index contributed by atoms with van der Waals surface area (Å²) in [6, 6.07) is 1.02. The number of rotatable bonds is 0. The van der Waals surface area contributed by atoms with E-state index in [1.165, 1.54) is 23.5 Å². The van der Waals surface area contributed by atoms with Crippen LogP contribution >= 0.6 is 11.8 Å². The lowest BCUT2D eigenvalue weighted by molar-refractivity contribution is -0.124. The quantitative estimate of drug-likeness (QED) is 0.658. The fourth-order valence-electron chi connectivity index (χ4n) is 2.77. The Hall–Kier alpha value is -0.280. The van der Waals surface area contributed by atoms with Crippen LogP contribution in [0.25, 0.3) is 0 Å². The Morgan fingerprint density at radius 3 is 3.29 bits per heavy atom. The second kappa shape index (κ2) is 3.38. The standard InChI is InChI=1S/C11H15NOS/c13-10-3-1-2-8-7(10)6-11-9(12-8)4-5-14-11/h6-9,12H,1-5H2. The molecule has 0 bridgehead atoms. The number of thioether (sulfide) groups is 1. The minimum atomic E-state index is 0.195. The molecule has 0 aromatic heterocycles. The summed E-state index contributed by atoms with van der Waals surface area (Å²) in [6.45, 7) is 0. The first-order valence-electron chi connectivity index (χ1n) is 5.48. The second-order valence-electron chi connectivity index (χ2n) is 4.42. The van der Waals surface area contributed by atoms with Crippen molar-refractivity contribution in [3.8, 4) is 0 Å². The highest BCUT2D eigenvalue weighted by atomic mass is 32.2. The van der Waals surface area contributed by atoms with Crippen molar-refractivity contribution in [2.75, 3.05) is 5.75 Å². The van der Waals surface area contributed by atoms with Crippen molar-refractivity contribution >= 4 is 17.5 Å². The van der Waals surface area contributed by atoms with Crippen LogP contribution in [0.4, 0.5) is 0 Å². The van der Waals surface area contributed by atoms with Crippen molar-refractivity contribution in [3.63, 3.8) is 0 Å². The summed E-state index contributed by atoms with van der Waals surface area (Å²) in [6.07, 6.45) is 6.55. The Morgan fingerprint density at radius 2 is 2.36 bits per heavy atom. The van der Waals surface area contributed by atoms with E-state index in [1.54, 1.807) is 0 Å². The average molecular weight is 209 g/mol. The van der Waals surface area contributed by atoms with Gasteiger partial charge in [-0.05, 0) is 29.9 Å². The van der Waals surface area contributed by atoms with Crippen molar-refractivity contribution in [1.29, 1.82) is 0 Å². The van der Waals surface area contributed by atoms with E-state index < -0.39 is 0 Å². The van der Waals surface area contributed by atoms with Crippen LogP contribution in [-0.2, 0) is 4.79 Å². The topological polar surface area (TPSA) is 29.1 Å². The zero-order valence-corrected chi connectivity index (χ0v) is 8.98. The molecular weight excluding hydrogens is 194 g/mol. The fourth-order valence-corrected chi connectivity index (χ4v) is 3.98. The normalized spacial score (nSPS) is 41.6. The third-order valence-electron chi connectivity index (χ3n) is 3.52. The lowest BCUT2D eigenvalue weighted by Crippen LogP contribution is -2.49. The molecular formula is C11H15NOS. The van der Waals surface area contributed by atoms with E-state index in [9.17, 15) is 4.79 Å². The maximum absolute atomic E-state index is 11.7. The molecule has 76 valence electrons. The lowest BCUT2D eigenvalue weighted by atomic mass is 9.80. The maximum Gasteiger partial charge on any atom is 0.141 e. The molecule has 3 heteroatoms. The van der Waals surface area contributed by atoms with Gasteiger partial charge in [0.05, 0.1) is 5.92 Å². The van der Waals surface area contributed by atoms with Crippen LogP contribution in [-0.4, -0.2) is 23.6 Å². The van der Waals surface area contributed by atoms with Gasteiger partial charge in [-0.15, -0.1) is 11.8 Å². The van der Waals surface area contributed by atoms with Gasteiger partial charge >= 0.3 is 0 Å². The van der Waals surface area contributed by atoms with E-state index in [0.717, 1.165) is 12.8 Å². The minimum absolute atomic E-state index is 0.195. The number of hydrogen-bond donors (Lipinski definition) is 1. The zero-order valence-electron chi connectivity index (χ0n) is 8.16. The minimum Gasteiger partial charge on any atom is -0.306 e. The molecule has 1 N–H and O–H groups in total. The number of hydrogen-bond acceptors (Lipinski definition) is 3. The smallest absolute Gasteiger partial charge is 0.141 e. The molecule has 2 fully saturated rings. The van der Waals surface area contributed by atoms with Gasteiger partial charge in [-0.25, -0.2) is 0 Å². The lowest BCUT2D eigenvalue weighted by Gasteiger charge is -2.36. The number of ketones is 1. The second-order valence-corrected chi connectivity index (χ2v) is 5.58. The summed E-state index contributed by atoms with van der Waals surface area (Å²) in [5.74, 6) is 1.87. The molecule has 0 aromatic carbocycles. The van der Waals surface area contributed by atoms with Gasteiger partial charge in [0.25, 0.3) is 0 Å². The molecule has 0 amide bonds. The van der Waals surface area contributed by atoms with Crippen LogP contribution in [0.5, 0.6) is 0 Å². The fraction of sp³-hybridized carbons (Fsp3) is 0.727. The summed E-state index contributed by atoms with van der Waals surface area (Å²) < 4.78 is 0. The van der Waals surface area contributed by atoms with E-state index in [1.807, 2.05) is 11.8 Å². The van der Waals surface area contributed by atoms with Crippen LogP contribution in [0.1, 0.15) is 25.7 Å². The molecule has 3 unspecified atom stereocenters. The third kappa shape index (κ3) is 1.34. The highest BCUT2D eigenvalue weighted by Crippen LogP contribution is 2.38. The van der Waals surface area contributed by atoms with Crippen LogP contribution in [0.2, 0.25) is 0 Å². The van der Waals surface area contributed by atoms with Crippen molar-refractivity contribution < 1.29 is 4.79 Å². The Morgan fingerprint density at radius 1 is 1.43 bits per heavy atom. The van der Waals surface area contributed by atoms with E-state index >= 15 is 0 Å². The summed E-state index contributed by atoms with van der Waals surface area (Å²) >= 11 is 1.93. The largest absolute Gasteiger partial charge is 0.306 e. The first kappa shape index (κ1) is 8.98. The molecule has 3 atom stereocenters. The molecule has 0 aromatic rings. The predicted octanol–water partition coefficient (Wildman–Crippen LogP) is 1.72. The highest BCUT2D eigenvalue weighted by molar-refractivity contribution is 8.03. The number of carbonyl (C=O) groups excluding carboxylic acids is 1. The maximum atomic E-state index is 11.7.